The van der Waals surface area contributed by atoms with Crippen molar-refractivity contribution in [2.24, 2.45) is 5.73 Å². The molecule has 100 valence electrons. The van der Waals surface area contributed by atoms with Crippen LogP contribution in [0.15, 0.2) is 24.3 Å². The number of nitrogens with two attached hydrogens (primary N) is 1. The summed E-state index contributed by atoms with van der Waals surface area (Å²) in [5.41, 5.74) is 6.79. The zero-order valence-corrected chi connectivity index (χ0v) is 10.9. The Labute approximate surface area is 109 Å². The molecule has 1 fully saturated rings. The Balaban J connectivity index is 2.10. The largest absolute Gasteiger partial charge is 0.378 e. The van der Waals surface area contributed by atoms with Crippen LogP contribution in [-0.4, -0.2) is 12.1 Å². The molecule has 18 heavy (non-hydrogen) atoms. The fourth-order valence-corrected chi connectivity index (χ4v) is 2.83. The van der Waals surface area contributed by atoms with E-state index in [1.165, 1.54) is 38.2 Å². The highest BCUT2D eigenvalue weighted by Gasteiger charge is 2.28. The fourth-order valence-electron chi connectivity index (χ4n) is 2.83. The predicted molar refractivity (Wildman–Crippen MR) is 74.1 cm³/mol. The summed E-state index contributed by atoms with van der Waals surface area (Å²) in [6.45, 7) is 0.615. The van der Waals surface area contributed by atoms with Crippen LogP contribution >= 0.6 is 0 Å². The normalized spacial score (nSPS) is 19.9. The molecular weight excluding hydrogens is 227 g/mol. The van der Waals surface area contributed by atoms with Crippen LogP contribution in [0, 0.1) is 5.82 Å². The first-order valence-electron chi connectivity index (χ1n) is 6.98. The Morgan fingerprint density at radius 3 is 2.39 bits per heavy atom. The van der Waals surface area contributed by atoms with Crippen LogP contribution in [0.5, 0.6) is 0 Å². The van der Waals surface area contributed by atoms with Gasteiger partial charge in [0.2, 0.25) is 0 Å². The number of rotatable bonds is 3. The Kier molecular flexibility index (Phi) is 4.59. The molecule has 1 saturated carbocycles. The van der Waals surface area contributed by atoms with Crippen molar-refractivity contribution in [1.29, 1.82) is 0 Å². The molecule has 0 unspecified atom stereocenters. The number of hydrogen-bond donors (Lipinski definition) is 2. The minimum Gasteiger partial charge on any atom is -0.378 e. The molecule has 0 aromatic heterocycles. The van der Waals surface area contributed by atoms with Crippen molar-refractivity contribution in [2.75, 3.05) is 11.9 Å². The molecule has 1 aliphatic carbocycles. The van der Waals surface area contributed by atoms with Gasteiger partial charge in [0.15, 0.2) is 0 Å². The molecule has 2 nitrogen and oxygen atoms in total. The van der Waals surface area contributed by atoms with E-state index in [-0.39, 0.29) is 11.4 Å². The van der Waals surface area contributed by atoms with E-state index in [0.29, 0.717) is 6.54 Å². The van der Waals surface area contributed by atoms with Crippen LogP contribution in [0.2, 0.25) is 0 Å². The SMILES string of the molecule is NCC1(Nc2cccc(F)c2)CCCCCCC1. The van der Waals surface area contributed by atoms with Gasteiger partial charge in [-0.2, -0.15) is 0 Å². The molecule has 2 rings (SSSR count). The average molecular weight is 250 g/mol. The molecule has 0 aliphatic heterocycles. The standard InChI is InChI=1S/C15H23FN2/c16-13-7-6-8-14(11-13)18-15(12-17)9-4-2-1-3-5-10-15/h6-8,11,18H,1-5,9-10,12,17H2. The number of benzene rings is 1. The lowest BCUT2D eigenvalue weighted by molar-refractivity contribution is 0.351. The summed E-state index contributed by atoms with van der Waals surface area (Å²) in [6.07, 6.45) is 8.48. The van der Waals surface area contributed by atoms with Gasteiger partial charge in [0.25, 0.3) is 0 Å². The van der Waals surface area contributed by atoms with Gasteiger partial charge in [-0.05, 0) is 31.0 Å². The molecule has 3 N–H and O–H groups in total. The lowest BCUT2D eigenvalue weighted by atomic mass is 9.83. The highest BCUT2D eigenvalue weighted by molar-refractivity contribution is 5.45. The zero-order valence-electron chi connectivity index (χ0n) is 10.9. The smallest absolute Gasteiger partial charge is 0.125 e. The van der Waals surface area contributed by atoms with Crippen LogP contribution in [-0.2, 0) is 0 Å². The van der Waals surface area contributed by atoms with Gasteiger partial charge in [0.05, 0.1) is 0 Å². The Hall–Kier alpha value is -1.09. The Morgan fingerprint density at radius 1 is 1.11 bits per heavy atom. The van der Waals surface area contributed by atoms with Gasteiger partial charge >= 0.3 is 0 Å². The maximum atomic E-state index is 13.2. The molecular formula is C15H23FN2. The van der Waals surface area contributed by atoms with E-state index in [9.17, 15) is 4.39 Å². The van der Waals surface area contributed by atoms with Crippen molar-refractivity contribution in [3.63, 3.8) is 0 Å². The van der Waals surface area contributed by atoms with Gasteiger partial charge in [0, 0.05) is 17.8 Å². The Morgan fingerprint density at radius 2 is 1.78 bits per heavy atom. The third-order valence-corrected chi connectivity index (χ3v) is 3.94. The minimum absolute atomic E-state index is 0.0474. The first kappa shape index (κ1) is 13.3. The van der Waals surface area contributed by atoms with Crippen LogP contribution in [0.4, 0.5) is 10.1 Å². The maximum absolute atomic E-state index is 13.2. The van der Waals surface area contributed by atoms with Crippen LogP contribution in [0.3, 0.4) is 0 Å². The van der Waals surface area contributed by atoms with Crippen LogP contribution < -0.4 is 11.1 Å². The second-order valence-corrected chi connectivity index (χ2v) is 5.39. The summed E-state index contributed by atoms with van der Waals surface area (Å²) in [4.78, 5) is 0. The molecule has 1 aliphatic rings. The van der Waals surface area contributed by atoms with Gasteiger partial charge in [-0.15, -0.1) is 0 Å². The van der Waals surface area contributed by atoms with Crippen molar-refractivity contribution in [1.82, 2.24) is 0 Å². The van der Waals surface area contributed by atoms with E-state index < -0.39 is 0 Å². The summed E-state index contributed by atoms with van der Waals surface area (Å²) in [6, 6.07) is 6.68. The van der Waals surface area contributed by atoms with E-state index in [4.69, 9.17) is 5.73 Å². The Bertz CT molecular complexity index is 371. The summed E-state index contributed by atoms with van der Waals surface area (Å²) < 4.78 is 13.2. The second-order valence-electron chi connectivity index (χ2n) is 5.39. The van der Waals surface area contributed by atoms with Crippen LogP contribution in [0.25, 0.3) is 0 Å². The third-order valence-electron chi connectivity index (χ3n) is 3.94. The van der Waals surface area contributed by atoms with Crippen molar-refractivity contribution in [2.45, 2.75) is 50.5 Å². The van der Waals surface area contributed by atoms with Gasteiger partial charge in [0.1, 0.15) is 5.82 Å². The highest BCUT2D eigenvalue weighted by Crippen LogP contribution is 2.29. The maximum Gasteiger partial charge on any atom is 0.125 e. The third kappa shape index (κ3) is 3.45. The van der Waals surface area contributed by atoms with Crippen molar-refractivity contribution in [3.8, 4) is 0 Å². The summed E-state index contributed by atoms with van der Waals surface area (Å²) in [5.74, 6) is -0.196. The second kappa shape index (κ2) is 6.19. The molecule has 0 atom stereocenters. The van der Waals surface area contributed by atoms with E-state index in [2.05, 4.69) is 5.32 Å². The van der Waals surface area contributed by atoms with Gasteiger partial charge in [-0.3, -0.25) is 0 Å². The summed E-state index contributed by atoms with van der Waals surface area (Å²) >= 11 is 0. The molecule has 1 aromatic rings. The average Bonchev–Trinajstić information content (AvgIpc) is 2.33. The van der Waals surface area contributed by atoms with Crippen molar-refractivity contribution >= 4 is 5.69 Å². The molecule has 0 radical (unpaired) electrons. The predicted octanol–water partition coefficient (Wildman–Crippen LogP) is 3.68. The van der Waals surface area contributed by atoms with E-state index >= 15 is 0 Å². The molecule has 1 aromatic carbocycles. The quantitative estimate of drug-likeness (QED) is 0.858. The first-order chi connectivity index (χ1) is 8.74. The van der Waals surface area contributed by atoms with E-state index in [1.54, 1.807) is 12.1 Å². The van der Waals surface area contributed by atoms with Crippen molar-refractivity contribution < 1.29 is 4.39 Å². The van der Waals surface area contributed by atoms with Gasteiger partial charge < -0.3 is 11.1 Å². The number of halogens is 1. The highest BCUT2D eigenvalue weighted by atomic mass is 19.1. The molecule has 0 heterocycles. The van der Waals surface area contributed by atoms with Crippen LogP contribution in [0.1, 0.15) is 44.9 Å². The minimum atomic E-state index is -0.196. The van der Waals surface area contributed by atoms with Gasteiger partial charge in [-0.1, -0.05) is 38.2 Å². The lowest BCUT2D eigenvalue weighted by Gasteiger charge is -2.36. The fraction of sp³-hybridized carbons (Fsp3) is 0.600. The topological polar surface area (TPSA) is 38.0 Å². The molecule has 0 saturated heterocycles. The molecule has 0 bridgehead atoms. The number of anilines is 1. The summed E-state index contributed by atoms with van der Waals surface area (Å²) in [5, 5.41) is 3.49. The van der Waals surface area contributed by atoms with E-state index in [0.717, 1.165) is 18.5 Å². The number of hydrogen-bond acceptors (Lipinski definition) is 2. The van der Waals surface area contributed by atoms with E-state index in [1.807, 2.05) is 6.07 Å². The molecule has 0 amide bonds. The molecule has 3 heteroatoms. The summed E-state index contributed by atoms with van der Waals surface area (Å²) in [7, 11) is 0. The lowest BCUT2D eigenvalue weighted by Crippen LogP contribution is -2.46. The van der Waals surface area contributed by atoms with Crippen molar-refractivity contribution in [3.05, 3.63) is 30.1 Å². The number of nitrogens with one attached hydrogen (secondary N) is 1. The monoisotopic (exact) mass is 250 g/mol. The first-order valence-corrected chi connectivity index (χ1v) is 6.98. The van der Waals surface area contributed by atoms with Gasteiger partial charge in [-0.25, -0.2) is 4.39 Å². The zero-order chi connectivity index (χ0) is 12.8. The molecule has 0 spiro atoms.